The molecular weight excluding hydrogens is 260 g/mol. The molecule has 0 aliphatic carbocycles. The number of rotatable bonds is 7. The summed E-state index contributed by atoms with van der Waals surface area (Å²) in [5.74, 6) is 0.129. The van der Waals surface area contributed by atoms with E-state index in [1.807, 2.05) is 18.2 Å². The van der Waals surface area contributed by atoms with Crippen molar-refractivity contribution in [3.63, 3.8) is 0 Å². The van der Waals surface area contributed by atoms with E-state index in [0.717, 1.165) is 13.0 Å². The molecule has 0 aliphatic rings. The molecule has 0 aliphatic heterocycles. The van der Waals surface area contributed by atoms with Gasteiger partial charge in [-0.25, -0.2) is 0 Å². The number of amides is 1. The fourth-order valence-corrected chi connectivity index (χ4v) is 2.32. The molecule has 0 heterocycles. The smallest absolute Gasteiger partial charge is 0.220 e. The number of carbonyl (C=O) groups excluding carboxylic acids is 1. The van der Waals surface area contributed by atoms with Gasteiger partial charge in [-0.15, -0.1) is 0 Å². The first-order chi connectivity index (χ1) is 9.80. The zero-order valence-corrected chi connectivity index (χ0v) is 14.1. The van der Waals surface area contributed by atoms with Gasteiger partial charge in [0.25, 0.3) is 0 Å². The van der Waals surface area contributed by atoms with Crippen LogP contribution in [0, 0.1) is 5.41 Å². The average Bonchev–Trinajstić information content (AvgIpc) is 2.40. The summed E-state index contributed by atoms with van der Waals surface area (Å²) in [6.45, 7) is 11.6. The van der Waals surface area contributed by atoms with Crippen LogP contribution in [0.2, 0.25) is 0 Å². The van der Waals surface area contributed by atoms with Crippen LogP contribution >= 0.6 is 0 Å². The Balaban J connectivity index is 2.56. The van der Waals surface area contributed by atoms with E-state index in [9.17, 15) is 4.79 Å². The fraction of sp³-hybridized carbons (Fsp3) is 0.611. The Morgan fingerprint density at radius 2 is 1.76 bits per heavy atom. The van der Waals surface area contributed by atoms with Gasteiger partial charge >= 0.3 is 0 Å². The monoisotopic (exact) mass is 290 g/mol. The van der Waals surface area contributed by atoms with E-state index in [2.05, 4.69) is 57.4 Å². The maximum atomic E-state index is 12.2. The molecule has 0 fully saturated rings. The Morgan fingerprint density at radius 3 is 2.29 bits per heavy atom. The highest BCUT2D eigenvalue weighted by Gasteiger charge is 2.27. The van der Waals surface area contributed by atoms with Crippen LogP contribution in [0.5, 0.6) is 0 Å². The van der Waals surface area contributed by atoms with Gasteiger partial charge in [0.05, 0.1) is 6.04 Å². The molecule has 118 valence electrons. The van der Waals surface area contributed by atoms with Crippen molar-refractivity contribution < 1.29 is 4.79 Å². The molecule has 0 saturated carbocycles. The fourth-order valence-electron chi connectivity index (χ4n) is 2.32. The van der Waals surface area contributed by atoms with Gasteiger partial charge in [0.1, 0.15) is 0 Å². The number of nitrogens with one attached hydrogen (secondary N) is 2. The van der Waals surface area contributed by atoms with Gasteiger partial charge in [0, 0.05) is 12.5 Å². The first kappa shape index (κ1) is 17.7. The second-order valence-electron chi connectivity index (χ2n) is 6.99. The summed E-state index contributed by atoms with van der Waals surface area (Å²) in [4.78, 5) is 12.2. The van der Waals surface area contributed by atoms with E-state index < -0.39 is 0 Å². The molecule has 1 atom stereocenters. The van der Waals surface area contributed by atoms with Crippen LogP contribution < -0.4 is 10.6 Å². The number of hydrogen-bond acceptors (Lipinski definition) is 2. The Kier molecular flexibility index (Phi) is 6.90. The van der Waals surface area contributed by atoms with Crippen LogP contribution in [0.1, 0.15) is 59.1 Å². The van der Waals surface area contributed by atoms with Crippen molar-refractivity contribution in [3.05, 3.63) is 35.9 Å². The van der Waals surface area contributed by atoms with E-state index in [0.29, 0.717) is 12.5 Å². The van der Waals surface area contributed by atoms with Crippen molar-refractivity contribution in [2.24, 2.45) is 5.41 Å². The summed E-state index contributed by atoms with van der Waals surface area (Å²) >= 11 is 0. The highest BCUT2D eigenvalue weighted by molar-refractivity contribution is 5.76. The molecule has 1 rings (SSSR count). The van der Waals surface area contributed by atoms with E-state index in [-0.39, 0.29) is 17.4 Å². The van der Waals surface area contributed by atoms with E-state index >= 15 is 0 Å². The second kappa shape index (κ2) is 8.18. The molecule has 0 saturated heterocycles. The lowest BCUT2D eigenvalue weighted by atomic mass is 9.82. The van der Waals surface area contributed by atoms with Crippen LogP contribution in [-0.2, 0) is 4.79 Å². The molecular formula is C18H30N2O. The third-order valence-corrected chi connectivity index (χ3v) is 3.44. The lowest BCUT2D eigenvalue weighted by Crippen LogP contribution is -2.37. The minimum absolute atomic E-state index is 0.00675. The maximum absolute atomic E-state index is 12.2. The number of benzene rings is 1. The van der Waals surface area contributed by atoms with Gasteiger partial charge < -0.3 is 10.6 Å². The topological polar surface area (TPSA) is 41.1 Å². The molecule has 0 radical (unpaired) electrons. The van der Waals surface area contributed by atoms with Gasteiger partial charge in [-0.05, 0) is 23.9 Å². The molecule has 0 aromatic heterocycles. The van der Waals surface area contributed by atoms with E-state index in [1.54, 1.807) is 0 Å². The Labute approximate surface area is 129 Å². The van der Waals surface area contributed by atoms with E-state index in [1.165, 1.54) is 5.56 Å². The standard InChI is InChI=1S/C18H30N2O/c1-14(2)19-13-9-12-16(21)20-17(18(3,4)5)15-10-7-6-8-11-15/h6-8,10-11,14,17,19H,9,12-13H2,1-5H3,(H,20,21). The van der Waals surface area contributed by atoms with E-state index in [4.69, 9.17) is 0 Å². The largest absolute Gasteiger partial charge is 0.349 e. The van der Waals surface area contributed by atoms with Crippen LogP contribution in [0.3, 0.4) is 0 Å². The summed E-state index contributed by atoms with van der Waals surface area (Å²) in [7, 11) is 0. The molecule has 1 unspecified atom stereocenters. The minimum atomic E-state index is -0.00675. The predicted molar refractivity (Wildman–Crippen MR) is 89.2 cm³/mol. The normalized spacial score (nSPS) is 13.2. The molecule has 3 nitrogen and oxygen atoms in total. The lowest BCUT2D eigenvalue weighted by Gasteiger charge is -2.32. The molecule has 1 aromatic carbocycles. The van der Waals surface area contributed by atoms with Gasteiger partial charge in [-0.1, -0.05) is 65.0 Å². The third-order valence-electron chi connectivity index (χ3n) is 3.44. The molecule has 0 bridgehead atoms. The highest BCUT2D eigenvalue weighted by Crippen LogP contribution is 2.32. The Bertz CT molecular complexity index is 421. The van der Waals surface area contributed by atoms with Gasteiger partial charge in [-0.2, -0.15) is 0 Å². The third kappa shape index (κ3) is 6.76. The van der Waals surface area contributed by atoms with Crippen LogP contribution in [-0.4, -0.2) is 18.5 Å². The molecule has 3 heteroatoms. The number of hydrogen-bond donors (Lipinski definition) is 2. The van der Waals surface area contributed by atoms with Crippen LogP contribution in [0.25, 0.3) is 0 Å². The zero-order valence-electron chi connectivity index (χ0n) is 14.1. The predicted octanol–water partition coefficient (Wildman–Crippen LogP) is 3.67. The summed E-state index contributed by atoms with van der Waals surface area (Å²) < 4.78 is 0. The van der Waals surface area contributed by atoms with Crippen molar-refractivity contribution in [1.82, 2.24) is 10.6 Å². The number of carbonyl (C=O) groups is 1. The van der Waals surface area contributed by atoms with Gasteiger partial charge in [0.15, 0.2) is 0 Å². The second-order valence-corrected chi connectivity index (χ2v) is 6.99. The van der Waals surface area contributed by atoms with Crippen molar-refractivity contribution in [2.75, 3.05) is 6.54 Å². The van der Waals surface area contributed by atoms with Gasteiger partial charge in [-0.3, -0.25) is 4.79 Å². The Morgan fingerprint density at radius 1 is 1.14 bits per heavy atom. The zero-order chi connectivity index (χ0) is 15.9. The lowest BCUT2D eigenvalue weighted by molar-refractivity contribution is -0.122. The SMILES string of the molecule is CC(C)NCCCC(=O)NC(c1ccccc1)C(C)(C)C. The average molecular weight is 290 g/mol. The molecule has 0 spiro atoms. The Hall–Kier alpha value is -1.35. The van der Waals surface area contributed by atoms with Crippen molar-refractivity contribution in [2.45, 2.75) is 59.5 Å². The first-order valence-corrected chi connectivity index (χ1v) is 7.88. The van der Waals surface area contributed by atoms with Crippen LogP contribution in [0.4, 0.5) is 0 Å². The molecule has 2 N–H and O–H groups in total. The summed E-state index contributed by atoms with van der Waals surface area (Å²) in [5.41, 5.74) is 1.16. The molecule has 1 aromatic rings. The van der Waals surface area contributed by atoms with Crippen molar-refractivity contribution in [1.29, 1.82) is 0 Å². The quantitative estimate of drug-likeness (QED) is 0.752. The van der Waals surface area contributed by atoms with Crippen molar-refractivity contribution in [3.8, 4) is 0 Å². The molecule has 21 heavy (non-hydrogen) atoms. The van der Waals surface area contributed by atoms with Crippen molar-refractivity contribution >= 4 is 5.91 Å². The summed E-state index contributed by atoms with van der Waals surface area (Å²) in [6, 6.07) is 10.7. The minimum Gasteiger partial charge on any atom is -0.349 e. The highest BCUT2D eigenvalue weighted by atomic mass is 16.1. The summed E-state index contributed by atoms with van der Waals surface area (Å²) in [5, 5.41) is 6.53. The maximum Gasteiger partial charge on any atom is 0.220 e. The van der Waals surface area contributed by atoms with Gasteiger partial charge in [0.2, 0.25) is 5.91 Å². The van der Waals surface area contributed by atoms with Crippen LogP contribution in [0.15, 0.2) is 30.3 Å². The molecule has 1 amide bonds. The summed E-state index contributed by atoms with van der Waals surface area (Å²) in [6.07, 6.45) is 1.44. The first-order valence-electron chi connectivity index (χ1n) is 7.88.